The largest absolute Gasteiger partial charge is 0.505 e. The van der Waals surface area contributed by atoms with Crippen molar-refractivity contribution in [2.24, 2.45) is 0 Å². The molecule has 0 spiro atoms. The summed E-state index contributed by atoms with van der Waals surface area (Å²) in [6.07, 6.45) is 0. The van der Waals surface area contributed by atoms with Crippen LogP contribution in [0.5, 0.6) is 17.2 Å². The monoisotopic (exact) mass is 451 g/mol. The maximum atomic E-state index is 9.66. The molecule has 0 saturated heterocycles. The van der Waals surface area contributed by atoms with E-state index in [0.717, 1.165) is 11.1 Å². The van der Waals surface area contributed by atoms with Crippen molar-refractivity contribution in [1.82, 2.24) is 0 Å². The second-order valence-electron chi connectivity index (χ2n) is 6.24. The highest BCUT2D eigenvalue weighted by molar-refractivity contribution is 6.37. The van der Waals surface area contributed by atoms with E-state index in [1.165, 1.54) is 0 Å². The number of benzene rings is 3. The summed E-state index contributed by atoms with van der Waals surface area (Å²) in [5.74, 6) is 1.17. The maximum Gasteiger partial charge on any atom is 0.161 e. The minimum atomic E-state index is -0.127. The van der Waals surface area contributed by atoms with Gasteiger partial charge in [0.15, 0.2) is 17.2 Å². The summed E-state index contributed by atoms with van der Waals surface area (Å²) in [6.45, 7) is 3.30. The third-order valence-electron chi connectivity index (χ3n) is 4.16. The van der Waals surface area contributed by atoms with Crippen LogP contribution >= 0.6 is 34.8 Å². The Bertz CT molecular complexity index is 972. The number of aromatic hydroxyl groups is 1. The molecule has 0 amide bonds. The molecule has 0 unspecified atom stereocenters. The minimum absolute atomic E-state index is 0.127. The molecule has 3 rings (SSSR count). The van der Waals surface area contributed by atoms with E-state index in [1.54, 1.807) is 12.1 Å². The van der Waals surface area contributed by atoms with Gasteiger partial charge in [0, 0.05) is 22.8 Å². The van der Waals surface area contributed by atoms with Gasteiger partial charge in [-0.05, 0) is 42.8 Å². The lowest BCUT2D eigenvalue weighted by Gasteiger charge is -2.15. The van der Waals surface area contributed by atoms with Crippen LogP contribution in [0.3, 0.4) is 0 Å². The first-order chi connectivity index (χ1) is 14.0. The number of rotatable bonds is 8. The SMILES string of the molecule is CCOc1cc(CNc2cc(Cl)c(O)c(Cl)c2)ccc1OCc1ccccc1Cl. The van der Waals surface area contributed by atoms with Crippen molar-refractivity contribution >= 4 is 40.5 Å². The number of phenolic OH excluding ortho intramolecular Hbond substituents is 1. The van der Waals surface area contributed by atoms with Gasteiger partial charge in [-0.15, -0.1) is 0 Å². The Morgan fingerprint density at radius 2 is 1.59 bits per heavy atom. The zero-order valence-electron chi connectivity index (χ0n) is 15.7. The van der Waals surface area contributed by atoms with Crippen LogP contribution in [0.2, 0.25) is 15.1 Å². The second kappa shape index (κ2) is 9.97. The van der Waals surface area contributed by atoms with Gasteiger partial charge >= 0.3 is 0 Å². The molecule has 3 aromatic carbocycles. The second-order valence-corrected chi connectivity index (χ2v) is 7.46. The van der Waals surface area contributed by atoms with E-state index in [4.69, 9.17) is 44.3 Å². The van der Waals surface area contributed by atoms with Gasteiger partial charge in [-0.2, -0.15) is 0 Å². The average Bonchev–Trinajstić information content (AvgIpc) is 2.71. The molecule has 29 heavy (non-hydrogen) atoms. The van der Waals surface area contributed by atoms with E-state index in [9.17, 15) is 5.11 Å². The number of halogens is 3. The van der Waals surface area contributed by atoms with Crippen molar-refractivity contribution < 1.29 is 14.6 Å². The third kappa shape index (κ3) is 5.63. The summed E-state index contributed by atoms with van der Waals surface area (Å²) in [5, 5.41) is 13.9. The predicted molar refractivity (Wildman–Crippen MR) is 119 cm³/mol. The molecular weight excluding hydrogens is 433 g/mol. The smallest absolute Gasteiger partial charge is 0.161 e. The molecule has 0 aliphatic rings. The van der Waals surface area contributed by atoms with Crippen molar-refractivity contribution in [3.8, 4) is 17.2 Å². The lowest BCUT2D eigenvalue weighted by molar-refractivity contribution is 0.269. The van der Waals surface area contributed by atoms with Crippen molar-refractivity contribution in [3.63, 3.8) is 0 Å². The highest BCUT2D eigenvalue weighted by atomic mass is 35.5. The summed E-state index contributed by atoms with van der Waals surface area (Å²) in [7, 11) is 0. The normalized spacial score (nSPS) is 10.6. The standard InChI is InChI=1S/C22H20Cl3NO3/c1-2-28-21-9-14(12-26-16-10-18(24)22(27)19(25)11-16)7-8-20(21)29-13-15-5-3-4-6-17(15)23/h3-11,26-27H,2,12-13H2,1H3. The van der Waals surface area contributed by atoms with Crippen LogP contribution in [0, 0.1) is 0 Å². The van der Waals surface area contributed by atoms with Gasteiger partial charge in [-0.25, -0.2) is 0 Å². The number of hydrogen-bond acceptors (Lipinski definition) is 4. The fraction of sp³-hybridized carbons (Fsp3) is 0.182. The minimum Gasteiger partial charge on any atom is -0.505 e. The molecule has 152 valence electrons. The van der Waals surface area contributed by atoms with E-state index >= 15 is 0 Å². The van der Waals surface area contributed by atoms with E-state index < -0.39 is 0 Å². The lowest BCUT2D eigenvalue weighted by atomic mass is 10.2. The molecule has 0 radical (unpaired) electrons. The first-order valence-electron chi connectivity index (χ1n) is 9.01. The summed E-state index contributed by atoms with van der Waals surface area (Å²) < 4.78 is 11.7. The van der Waals surface area contributed by atoms with Crippen LogP contribution in [0.25, 0.3) is 0 Å². The molecule has 0 bridgehead atoms. The molecule has 2 N–H and O–H groups in total. The van der Waals surface area contributed by atoms with Crippen LogP contribution in [-0.2, 0) is 13.2 Å². The zero-order valence-corrected chi connectivity index (χ0v) is 18.0. The number of hydrogen-bond donors (Lipinski definition) is 2. The highest BCUT2D eigenvalue weighted by Crippen LogP contribution is 2.35. The van der Waals surface area contributed by atoms with Gasteiger partial charge in [0.1, 0.15) is 6.61 Å². The molecule has 0 aliphatic carbocycles. The summed E-state index contributed by atoms with van der Waals surface area (Å²) in [4.78, 5) is 0. The number of ether oxygens (including phenoxy) is 2. The lowest BCUT2D eigenvalue weighted by Crippen LogP contribution is -2.03. The van der Waals surface area contributed by atoms with E-state index in [2.05, 4.69) is 5.32 Å². The van der Waals surface area contributed by atoms with Crippen molar-refractivity contribution in [2.75, 3.05) is 11.9 Å². The van der Waals surface area contributed by atoms with Crippen molar-refractivity contribution in [3.05, 3.63) is 80.8 Å². The van der Waals surface area contributed by atoms with Gasteiger partial charge in [0.25, 0.3) is 0 Å². The summed E-state index contributed by atoms with van der Waals surface area (Å²) in [6, 6.07) is 16.5. The molecule has 7 heteroatoms. The molecule has 0 fully saturated rings. The molecule has 3 aromatic rings. The number of anilines is 1. The highest BCUT2D eigenvalue weighted by Gasteiger charge is 2.10. The Hall–Kier alpha value is -2.27. The quantitative estimate of drug-likeness (QED) is 0.363. The molecule has 0 aliphatic heterocycles. The maximum absolute atomic E-state index is 9.66. The van der Waals surface area contributed by atoms with Gasteiger partial charge in [0.05, 0.1) is 16.7 Å². The molecule has 0 heterocycles. The van der Waals surface area contributed by atoms with Crippen molar-refractivity contribution in [1.29, 1.82) is 0 Å². The number of phenols is 1. The Morgan fingerprint density at radius 1 is 0.862 bits per heavy atom. The van der Waals surface area contributed by atoms with Crippen molar-refractivity contribution in [2.45, 2.75) is 20.1 Å². The zero-order chi connectivity index (χ0) is 20.8. The van der Waals surface area contributed by atoms with Gasteiger partial charge < -0.3 is 19.9 Å². The topological polar surface area (TPSA) is 50.7 Å². The molecule has 0 aromatic heterocycles. The van der Waals surface area contributed by atoms with Gasteiger partial charge in [-0.3, -0.25) is 0 Å². The molecule has 4 nitrogen and oxygen atoms in total. The molecular formula is C22H20Cl3NO3. The number of nitrogens with one attached hydrogen (secondary N) is 1. The van der Waals surface area contributed by atoms with Gasteiger partial charge in [0.2, 0.25) is 0 Å². The van der Waals surface area contributed by atoms with Crippen LogP contribution in [0.15, 0.2) is 54.6 Å². The fourth-order valence-electron chi connectivity index (χ4n) is 2.69. The van der Waals surface area contributed by atoms with Crippen LogP contribution < -0.4 is 14.8 Å². The summed E-state index contributed by atoms with van der Waals surface area (Å²) in [5.41, 5.74) is 2.59. The fourth-order valence-corrected chi connectivity index (χ4v) is 3.37. The third-order valence-corrected chi connectivity index (χ3v) is 5.11. The Morgan fingerprint density at radius 3 is 2.28 bits per heavy atom. The van der Waals surface area contributed by atoms with E-state index in [-0.39, 0.29) is 15.8 Å². The molecule has 0 atom stereocenters. The van der Waals surface area contributed by atoms with Crippen LogP contribution in [-0.4, -0.2) is 11.7 Å². The summed E-state index contributed by atoms with van der Waals surface area (Å²) >= 11 is 18.1. The Kier molecular flexibility index (Phi) is 7.37. The van der Waals surface area contributed by atoms with Crippen LogP contribution in [0.4, 0.5) is 5.69 Å². The average molecular weight is 453 g/mol. The van der Waals surface area contributed by atoms with E-state index in [1.807, 2.05) is 49.4 Å². The Labute approximate surface area is 184 Å². The molecule has 0 saturated carbocycles. The van der Waals surface area contributed by atoms with Gasteiger partial charge in [-0.1, -0.05) is 59.1 Å². The van der Waals surface area contributed by atoms with Crippen LogP contribution in [0.1, 0.15) is 18.1 Å². The Balaban J connectivity index is 1.71. The first-order valence-corrected chi connectivity index (χ1v) is 10.1. The first kappa shape index (κ1) is 21.4. The van der Waals surface area contributed by atoms with E-state index in [0.29, 0.717) is 42.0 Å². The predicted octanol–water partition coefficient (Wildman–Crippen LogP) is 6.94.